The van der Waals surface area contributed by atoms with Gasteiger partial charge in [0.1, 0.15) is 5.75 Å². The van der Waals surface area contributed by atoms with E-state index in [0.717, 1.165) is 29.8 Å². The van der Waals surface area contributed by atoms with Crippen molar-refractivity contribution in [1.82, 2.24) is 0 Å². The maximum atomic E-state index is 11.5. The maximum absolute atomic E-state index is 11.5. The van der Waals surface area contributed by atoms with E-state index in [4.69, 9.17) is 9.73 Å². The van der Waals surface area contributed by atoms with Crippen LogP contribution in [0.2, 0.25) is 0 Å². The number of carboxylic acid groups (broad SMARTS) is 1. The van der Waals surface area contributed by atoms with E-state index in [1.165, 1.54) is 19.3 Å². The van der Waals surface area contributed by atoms with Crippen molar-refractivity contribution in [3.63, 3.8) is 0 Å². The Hall–Kier alpha value is -3.80. The van der Waals surface area contributed by atoms with Gasteiger partial charge in [0.25, 0.3) is 0 Å². The molecular formula is C27H26N2O4. The van der Waals surface area contributed by atoms with Crippen molar-refractivity contribution in [3.05, 3.63) is 77.9 Å². The van der Waals surface area contributed by atoms with Crippen molar-refractivity contribution in [2.45, 2.75) is 38.1 Å². The average molecular weight is 443 g/mol. The summed E-state index contributed by atoms with van der Waals surface area (Å²) < 4.78 is 5.80. The molecule has 1 heterocycles. The molecule has 168 valence electrons. The highest BCUT2D eigenvalue weighted by molar-refractivity contribution is 6.08. The van der Waals surface area contributed by atoms with Gasteiger partial charge in [0.05, 0.1) is 29.2 Å². The summed E-state index contributed by atoms with van der Waals surface area (Å²) in [5, 5.41) is 19.4. The third-order valence-electron chi connectivity index (χ3n) is 6.40. The van der Waals surface area contributed by atoms with E-state index < -0.39 is 5.97 Å². The van der Waals surface area contributed by atoms with E-state index >= 15 is 0 Å². The first kappa shape index (κ1) is 21.1. The lowest BCUT2D eigenvalue weighted by atomic mass is 9.92. The first-order valence-electron chi connectivity index (χ1n) is 11.4. The predicted octanol–water partition coefficient (Wildman–Crippen LogP) is 6.16. The van der Waals surface area contributed by atoms with E-state index in [9.17, 15) is 15.0 Å². The molecule has 0 radical (unpaired) electrons. The van der Waals surface area contributed by atoms with Gasteiger partial charge in [-0.05, 0) is 73.0 Å². The first-order valence-corrected chi connectivity index (χ1v) is 11.4. The van der Waals surface area contributed by atoms with Gasteiger partial charge in [0.15, 0.2) is 11.5 Å². The lowest BCUT2D eigenvalue weighted by Gasteiger charge is -2.39. The predicted molar refractivity (Wildman–Crippen MR) is 128 cm³/mol. The Kier molecular flexibility index (Phi) is 5.73. The number of hydrogen-bond donors (Lipinski definition) is 2. The molecular weight excluding hydrogens is 416 g/mol. The minimum absolute atomic E-state index is 0.0900. The second kappa shape index (κ2) is 8.98. The Morgan fingerprint density at radius 2 is 1.73 bits per heavy atom. The summed E-state index contributed by atoms with van der Waals surface area (Å²) in [6.07, 6.45) is 5.99. The standard InChI is InChI=1S/C27H26N2O4/c30-25-8-4-5-9-26(25)33-21-13-10-18(11-14-21)23-17-29(20-6-2-1-3-7-20)24-15-12-19(27(31)32)16-22(24)28-23/h4-5,8-16,20,30H,1-3,6-7,17H2,(H,31,32). The molecule has 1 aliphatic carbocycles. The van der Waals surface area contributed by atoms with Gasteiger partial charge in [-0.3, -0.25) is 0 Å². The molecule has 5 rings (SSSR count). The number of aliphatic imine (C=N–C) groups is 1. The first-order chi connectivity index (χ1) is 16.1. The lowest BCUT2D eigenvalue weighted by Crippen LogP contribution is -2.42. The number of ether oxygens (including phenoxy) is 1. The topological polar surface area (TPSA) is 82.4 Å². The fraction of sp³-hybridized carbons (Fsp3) is 0.259. The van der Waals surface area contributed by atoms with E-state index in [-0.39, 0.29) is 11.3 Å². The molecule has 2 aliphatic rings. The van der Waals surface area contributed by atoms with Crippen LogP contribution in [0.1, 0.15) is 48.0 Å². The van der Waals surface area contributed by atoms with Crippen molar-refractivity contribution in [3.8, 4) is 17.2 Å². The molecule has 0 saturated heterocycles. The van der Waals surface area contributed by atoms with Crippen molar-refractivity contribution in [1.29, 1.82) is 0 Å². The molecule has 0 spiro atoms. The van der Waals surface area contributed by atoms with E-state index in [2.05, 4.69) is 4.90 Å². The Morgan fingerprint density at radius 1 is 0.970 bits per heavy atom. The Morgan fingerprint density at radius 3 is 2.45 bits per heavy atom. The van der Waals surface area contributed by atoms with Gasteiger partial charge in [-0.15, -0.1) is 0 Å². The molecule has 2 N–H and O–H groups in total. The van der Waals surface area contributed by atoms with Gasteiger partial charge in [-0.2, -0.15) is 0 Å². The number of aromatic carboxylic acids is 1. The van der Waals surface area contributed by atoms with Crippen LogP contribution in [-0.2, 0) is 0 Å². The maximum Gasteiger partial charge on any atom is 0.335 e. The minimum Gasteiger partial charge on any atom is -0.504 e. The van der Waals surface area contributed by atoms with Crippen LogP contribution in [0.4, 0.5) is 11.4 Å². The van der Waals surface area contributed by atoms with Crippen LogP contribution >= 0.6 is 0 Å². The minimum atomic E-state index is -0.949. The number of benzene rings is 3. The van der Waals surface area contributed by atoms with Crippen LogP contribution in [0.15, 0.2) is 71.7 Å². The van der Waals surface area contributed by atoms with E-state index in [1.54, 1.807) is 30.3 Å². The summed E-state index contributed by atoms with van der Waals surface area (Å²) in [6.45, 7) is 0.684. The van der Waals surface area contributed by atoms with Crippen molar-refractivity contribution in [2.75, 3.05) is 11.4 Å². The molecule has 1 fully saturated rings. The van der Waals surface area contributed by atoms with Crippen LogP contribution in [0.3, 0.4) is 0 Å². The zero-order chi connectivity index (χ0) is 22.8. The molecule has 1 aliphatic heterocycles. The van der Waals surface area contributed by atoms with Crippen LogP contribution in [0, 0.1) is 0 Å². The molecule has 33 heavy (non-hydrogen) atoms. The number of aromatic hydroxyl groups is 1. The van der Waals surface area contributed by atoms with Gasteiger partial charge in [-0.1, -0.05) is 31.4 Å². The van der Waals surface area contributed by atoms with Gasteiger partial charge in [0.2, 0.25) is 0 Å². The molecule has 0 atom stereocenters. The number of phenolic OH excluding ortho intramolecular Hbond substituents is 1. The van der Waals surface area contributed by atoms with Crippen molar-refractivity contribution in [2.24, 2.45) is 4.99 Å². The number of carboxylic acids is 1. The summed E-state index contributed by atoms with van der Waals surface area (Å²) in [7, 11) is 0. The molecule has 6 heteroatoms. The Balaban J connectivity index is 1.46. The summed E-state index contributed by atoms with van der Waals surface area (Å²) in [5.41, 5.74) is 3.83. The molecule has 0 amide bonds. The van der Waals surface area contributed by atoms with E-state index in [1.807, 2.05) is 36.4 Å². The second-order valence-corrected chi connectivity index (χ2v) is 8.58. The van der Waals surface area contributed by atoms with Gasteiger partial charge in [0, 0.05) is 6.04 Å². The van der Waals surface area contributed by atoms with Gasteiger partial charge >= 0.3 is 5.97 Å². The second-order valence-electron chi connectivity index (χ2n) is 8.58. The Bertz CT molecular complexity index is 1200. The quantitative estimate of drug-likeness (QED) is 0.495. The summed E-state index contributed by atoms with van der Waals surface area (Å²) in [6, 6.07) is 20.2. The monoisotopic (exact) mass is 442 g/mol. The molecule has 0 unspecified atom stereocenters. The zero-order valence-electron chi connectivity index (χ0n) is 18.3. The van der Waals surface area contributed by atoms with E-state index in [0.29, 0.717) is 29.8 Å². The molecule has 0 aromatic heterocycles. The third-order valence-corrected chi connectivity index (χ3v) is 6.40. The summed E-state index contributed by atoms with van der Waals surface area (Å²) in [4.78, 5) is 18.8. The molecule has 0 bridgehead atoms. The van der Waals surface area contributed by atoms with Crippen LogP contribution < -0.4 is 9.64 Å². The number of phenols is 1. The smallest absolute Gasteiger partial charge is 0.335 e. The highest BCUT2D eigenvalue weighted by Gasteiger charge is 2.28. The number of carbonyl (C=O) groups is 1. The van der Waals surface area contributed by atoms with Crippen LogP contribution in [0.5, 0.6) is 17.2 Å². The fourth-order valence-corrected chi connectivity index (χ4v) is 4.68. The SMILES string of the molecule is O=C(O)c1ccc2c(c1)N=C(c1ccc(Oc3ccccc3O)cc1)CN2C1CCCCC1. The lowest BCUT2D eigenvalue weighted by molar-refractivity contribution is 0.0697. The molecule has 3 aromatic rings. The number of nitrogens with zero attached hydrogens (tertiary/aromatic N) is 2. The molecule has 6 nitrogen and oxygen atoms in total. The number of rotatable bonds is 5. The third kappa shape index (κ3) is 4.42. The zero-order valence-corrected chi connectivity index (χ0v) is 18.3. The van der Waals surface area contributed by atoms with Gasteiger partial charge in [-0.25, -0.2) is 9.79 Å². The van der Waals surface area contributed by atoms with Crippen LogP contribution in [0.25, 0.3) is 0 Å². The normalized spacial score (nSPS) is 16.1. The average Bonchev–Trinajstić information content (AvgIpc) is 2.85. The largest absolute Gasteiger partial charge is 0.504 e. The molecule has 3 aromatic carbocycles. The van der Waals surface area contributed by atoms with Crippen molar-refractivity contribution >= 4 is 23.1 Å². The number of fused-ring (bicyclic) bond motifs is 1. The molecule has 1 saturated carbocycles. The Labute approximate surface area is 192 Å². The number of para-hydroxylation sites is 2. The van der Waals surface area contributed by atoms with Crippen LogP contribution in [-0.4, -0.2) is 34.5 Å². The number of hydrogen-bond acceptors (Lipinski definition) is 5. The van der Waals surface area contributed by atoms with Crippen molar-refractivity contribution < 1.29 is 19.7 Å². The summed E-state index contributed by atoms with van der Waals surface area (Å²) in [5.74, 6) is 0.162. The number of anilines is 1. The highest BCUT2D eigenvalue weighted by Crippen LogP contribution is 2.38. The highest BCUT2D eigenvalue weighted by atomic mass is 16.5. The summed E-state index contributed by atoms with van der Waals surface area (Å²) >= 11 is 0. The van der Waals surface area contributed by atoms with Gasteiger partial charge < -0.3 is 19.8 Å². The fourth-order valence-electron chi connectivity index (χ4n) is 4.68.